The minimum atomic E-state index is 0.179. The molecule has 2 heterocycles. The van der Waals surface area contributed by atoms with E-state index >= 15 is 0 Å². The van der Waals surface area contributed by atoms with E-state index in [-0.39, 0.29) is 6.04 Å². The SMILES string of the molecule is Cc1noc(Cn2c(C)cc3c2CCCC3N)n1. The summed E-state index contributed by atoms with van der Waals surface area (Å²) in [6.45, 7) is 4.59. The van der Waals surface area contributed by atoms with Crippen LogP contribution in [0.3, 0.4) is 0 Å². The zero-order valence-corrected chi connectivity index (χ0v) is 10.8. The average Bonchev–Trinajstić information content (AvgIpc) is 2.87. The molecular formula is C13H18N4O. The van der Waals surface area contributed by atoms with Crippen molar-refractivity contribution in [1.29, 1.82) is 0 Å². The van der Waals surface area contributed by atoms with E-state index in [9.17, 15) is 0 Å². The first-order valence-electron chi connectivity index (χ1n) is 6.39. The van der Waals surface area contributed by atoms with Gasteiger partial charge in [0.25, 0.3) is 0 Å². The summed E-state index contributed by atoms with van der Waals surface area (Å²) in [7, 11) is 0. The molecule has 1 aliphatic carbocycles. The molecule has 0 aliphatic heterocycles. The Labute approximate surface area is 106 Å². The predicted octanol–water partition coefficient (Wildman–Crippen LogP) is 1.87. The van der Waals surface area contributed by atoms with Gasteiger partial charge in [0, 0.05) is 17.4 Å². The summed E-state index contributed by atoms with van der Waals surface area (Å²) in [5, 5.41) is 3.83. The number of hydrogen-bond donors (Lipinski definition) is 1. The lowest BCUT2D eigenvalue weighted by atomic mass is 9.93. The van der Waals surface area contributed by atoms with Crippen LogP contribution in [0.15, 0.2) is 10.6 Å². The van der Waals surface area contributed by atoms with E-state index < -0.39 is 0 Å². The van der Waals surface area contributed by atoms with Gasteiger partial charge in [-0.3, -0.25) is 0 Å². The molecule has 0 fully saturated rings. The third-order valence-corrected chi connectivity index (χ3v) is 3.64. The van der Waals surface area contributed by atoms with Gasteiger partial charge in [-0.2, -0.15) is 4.98 Å². The maximum Gasteiger partial charge on any atom is 0.246 e. The second kappa shape index (κ2) is 4.24. The van der Waals surface area contributed by atoms with Crippen LogP contribution < -0.4 is 5.73 Å². The van der Waals surface area contributed by atoms with E-state index in [0.717, 1.165) is 19.3 Å². The summed E-state index contributed by atoms with van der Waals surface area (Å²) >= 11 is 0. The Balaban J connectivity index is 1.97. The molecule has 1 atom stereocenters. The normalized spacial score (nSPS) is 18.9. The standard InChI is InChI=1S/C13H18N4O/c1-8-6-10-11(14)4-3-5-12(10)17(8)7-13-15-9(2)16-18-13/h6,11H,3-5,7,14H2,1-2H3. The minimum Gasteiger partial charge on any atom is -0.339 e. The van der Waals surface area contributed by atoms with Crippen molar-refractivity contribution in [3.05, 3.63) is 34.7 Å². The quantitative estimate of drug-likeness (QED) is 0.878. The second-order valence-electron chi connectivity index (χ2n) is 5.01. The van der Waals surface area contributed by atoms with E-state index in [1.165, 1.54) is 17.0 Å². The molecule has 2 N–H and O–H groups in total. The molecule has 0 aromatic carbocycles. The van der Waals surface area contributed by atoms with Gasteiger partial charge < -0.3 is 14.8 Å². The Bertz CT molecular complexity index is 570. The minimum absolute atomic E-state index is 0.179. The third-order valence-electron chi connectivity index (χ3n) is 3.64. The van der Waals surface area contributed by atoms with Crippen molar-refractivity contribution in [2.75, 3.05) is 0 Å². The van der Waals surface area contributed by atoms with E-state index in [1.54, 1.807) is 0 Å². The molecule has 2 aromatic heterocycles. The molecule has 5 heteroatoms. The van der Waals surface area contributed by atoms with E-state index in [0.29, 0.717) is 18.3 Å². The molecule has 3 rings (SSSR count). The summed E-state index contributed by atoms with van der Waals surface area (Å²) in [4.78, 5) is 4.26. The number of aromatic nitrogens is 3. The lowest BCUT2D eigenvalue weighted by Crippen LogP contribution is -2.18. The van der Waals surface area contributed by atoms with Crippen LogP contribution in [-0.2, 0) is 13.0 Å². The van der Waals surface area contributed by atoms with Gasteiger partial charge in [0.2, 0.25) is 5.89 Å². The first kappa shape index (κ1) is 11.5. The number of aryl methyl sites for hydroxylation is 2. The van der Waals surface area contributed by atoms with Crippen LogP contribution in [0.4, 0.5) is 0 Å². The smallest absolute Gasteiger partial charge is 0.246 e. The highest BCUT2D eigenvalue weighted by Gasteiger charge is 2.22. The summed E-state index contributed by atoms with van der Waals surface area (Å²) < 4.78 is 7.45. The first-order chi connectivity index (χ1) is 8.65. The maximum absolute atomic E-state index is 6.16. The predicted molar refractivity (Wildman–Crippen MR) is 67.2 cm³/mol. The van der Waals surface area contributed by atoms with Gasteiger partial charge in [0.1, 0.15) is 6.54 Å². The zero-order chi connectivity index (χ0) is 12.7. The maximum atomic E-state index is 6.16. The molecule has 0 spiro atoms. The van der Waals surface area contributed by atoms with Crippen LogP contribution in [0.2, 0.25) is 0 Å². The number of hydrogen-bond acceptors (Lipinski definition) is 4. The van der Waals surface area contributed by atoms with Gasteiger partial charge in [0.05, 0.1) is 0 Å². The van der Waals surface area contributed by atoms with Gasteiger partial charge in [-0.1, -0.05) is 5.16 Å². The van der Waals surface area contributed by atoms with Crippen molar-refractivity contribution in [2.45, 2.75) is 45.7 Å². The molecule has 1 aliphatic rings. The van der Waals surface area contributed by atoms with E-state index in [2.05, 4.69) is 27.7 Å². The third kappa shape index (κ3) is 1.84. The Kier molecular flexibility index (Phi) is 2.70. The second-order valence-corrected chi connectivity index (χ2v) is 5.01. The lowest BCUT2D eigenvalue weighted by Gasteiger charge is -2.20. The van der Waals surface area contributed by atoms with Crippen LogP contribution in [-0.4, -0.2) is 14.7 Å². The Morgan fingerprint density at radius 3 is 3.06 bits per heavy atom. The average molecular weight is 246 g/mol. The molecule has 2 aromatic rings. The molecule has 0 radical (unpaired) electrons. The molecule has 96 valence electrons. The highest BCUT2D eigenvalue weighted by molar-refractivity contribution is 5.32. The highest BCUT2D eigenvalue weighted by Crippen LogP contribution is 2.31. The van der Waals surface area contributed by atoms with Crippen molar-refractivity contribution in [3.63, 3.8) is 0 Å². The van der Waals surface area contributed by atoms with Gasteiger partial charge in [-0.25, -0.2) is 0 Å². The van der Waals surface area contributed by atoms with E-state index in [4.69, 9.17) is 10.3 Å². The van der Waals surface area contributed by atoms with Gasteiger partial charge in [-0.05, 0) is 44.7 Å². The number of rotatable bonds is 2. The number of nitrogens with zero attached hydrogens (tertiary/aromatic N) is 3. The fourth-order valence-electron chi connectivity index (χ4n) is 2.76. The number of fused-ring (bicyclic) bond motifs is 1. The summed E-state index contributed by atoms with van der Waals surface area (Å²) in [6.07, 6.45) is 3.32. The van der Waals surface area contributed by atoms with Crippen molar-refractivity contribution < 1.29 is 4.52 Å². The molecule has 5 nitrogen and oxygen atoms in total. The Morgan fingerprint density at radius 1 is 1.50 bits per heavy atom. The molecule has 0 saturated heterocycles. The van der Waals surface area contributed by atoms with E-state index in [1.807, 2.05) is 6.92 Å². The van der Waals surface area contributed by atoms with Crippen LogP contribution in [0, 0.1) is 13.8 Å². The number of nitrogens with two attached hydrogens (primary N) is 1. The Morgan fingerprint density at radius 2 is 2.33 bits per heavy atom. The Hall–Kier alpha value is -1.62. The first-order valence-corrected chi connectivity index (χ1v) is 6.39. The van der Waals surface area contributed by atoms with Crippen LogP contribution in [0.1, 0.15) is 47.5 Å². The van der Waals surface area contributed by atoms with Crippen LogP contribution in [0.5, 0.6) is 0 Å². The van der Waals surface area contributed by atoms with Crippen molar-refractivity contribution >= 4 is 0 Å². The molecule has 1 unspecified atom stereocenters. The van der Waals surface area contributed by atoms with Gasteiger partial charge in [0.15, 0.2) is 5.82 Å². The highest BCUT2D eigenvalue weighted by atomic mass is 16.5. The molecule has 0 saturated carbocycles. The molecular weight excluding hydrogens is 228 g/mol. The van der Waals surface area contributed by atoms with Gasteiger partial charge in [-0.15, -0.1) is 0 Å². The van der Waals surface area contributed by atoms with Gasteiger partial charge >= 0.3 is 0 Å². The monoisotopic (exact) mass is 246 g/mol. The van der Waals surface area contributed by atoms with Crippen LogP contribution >= 0.6 is 0 Å². The van der Waals surface area contributed by atoms with Crippen molar-refractivity contribution in [3.8, 4) is 0 Å². The fourth-order valence-corrected chi connectivity index (χ4v) is 2.76. The fraction of sp³-hybridized carbons (Fsp3) is 0.538. The van der Waals surface area contributed by atoms with Crippen LogP contribution in [0.25, 0.3) is 0 Å². The zero-order valence-electron chi connectivity index (χ0n) is 10.8. The summed E-state index contributed by atoms with van der Waals surface area (Å²) in [6, 6.07) is 2.38. The summed E-state index contributed by atoms with van der Waals surface area (Å²) in [5.41, 5.74) is 10.00. The lowest BCUT2D eigenvalue weighted by molar-refractivity contribution is 0.364. The van der Waals surface area contributed by atoms with Crippen molar-refractivity contribution in [2.24, 2.45) is 5.73 Å². The van der Waals surface area contributed by atoms with Crippen molar-refractivity contribution in [1.82, 2.24) is 14.7 Å². The largest absolute Gasteiger partial charge is 0.339 e. The molecule has 0 amide bonds. The molecule has 18 heavy (non-hydrogen) atoms. The molecule has 0 bridgehead atoms. The summed E-state index contributed by atoms with van der Waals surface area (Å²) in [5.74, 6) is 1.34. The topological polar surface area (TPSA) is 69.9 Å².